The summed E-state index contributed by atoms with van der Waals surface area (Å²) >= 11 is 0. The van der Waals surface area contributed by atoms with E-state index in [1.807, 2.05) is 6.07 Å². The molecule has 18 heavy (non-hydrogen) atoms. The molecule has 0 aliphatic rings. The molecule has 0 saturated heterocycles. The van der Waals surface area contributed by atoms with Gasteiger partial charge >= 0.3 is 0 Å². The van der Waals surface area contributed by atoms with Gasteiger partial charge < -0.3 is 10.6 Å². The second kappa shape index (κ2) is 5.97. The molecule has 2 N–H and O–H groups in total. The van der Waals surface area contributed by atoms with Gasteiger partial charge in [-0.05, 0) is 5.56 Å². The number of benzene rings is 1. The third-order valence-electron chi connectivity index (χ3n) is 2.50. The summed E-state index contributed by atoms with van der Waals surface area (Å²) in [5, 5.41) is 0. The standard InChI is InChI=1S/C12H18N2O3S/c1-14(2)12(15)9-18(16,17)8-11(13)10-6-4-3-5-7-10/h3-7,11H,8-9,13H2,1-2H3. The van der Waals surface area contributed by atoms with Gasteiger partial charge in [0.1, 0.15) is 5.75 Å². The second-order valence-corrected chi connectivity index (χ2v) is 6.47. The van der Waals surface area contributed by atoms with E-state index in [1.165, 1.54) is 19.0 Å². The number of nitrogens with zero attached hydrogens (tertiary/aromatic N) is 1. The molecular formula is C12H18N2O3S. The fourth-order valence-corrected chi connectivity index (χ4v) is 2.94. The maximum Gasteiger partial charge on any atom is 0.237 e. The molecule has 1 atom stereocenters. The van der Waals surface area contributed by atoms with Gasteiger partial charge in [-0.2, -0.15) is 0 Å². The van der Waals surface area contributed by atoms with Crippen LogP contribution in [0.15, 0.2) is 30.3 Å². The molecule has 0 spiro atoms. The summed E-state index contributed by atoms with van der Waals surface area (Å²) in [5.74, 6) is -1.16. The van der Waals surface area contributed by atoms with Crippen LogP contribution in [0.25, 0.3) is 0 Å². The lowest BCUT2D eigenvalue weighted by atomic mass is 10.1. The van der Waals surface area contributed by atoms with Gasteiger partial charge in [0.15, 0.2) is 9.84 Å². The van der Waals surface area contributed by atoms with Crippen molar-refractivity contribution in [2.45, 2.75) is 6.04 Å². The minimum atomic E-state index is -3.49. The number of rotatable bonds is 5. The Morgan fingerprint density at radius 2 is 1.83 bits per heavy atom. The molecule has 0 radical (unpaired) electrons. The number of hydrogen-bond donors (Lipinski definition) is 1. The normalized spacial score (nSPS) is 13.1. The van der Waals surface area contributed by atoms with E-state index in [0.717, 1.165) is 5.56 Å². The quantitative estimate of drug-likeness (QED) is 0.828. The second-order valence-electron chi connectivity index (χ2n) is 4.36. The van der Waals surface area contributed by atoms with Gasteiger partial charge in [0.2, 0.25) is 5.91 Å². The van der Waals surface area contributed by atoms with E-state index in [2.05, 4.69) is 0 Å². The monoisotopic (exact) mass is 270 g/mol. The van der Waals surface area contributed by atoms with Gasteiger partial charge in [-0.3, -0.25) is 4.79 Å². The third-order valence-corrected chi connectivity index (χ3v) is 4.06. The lowest BCUT2D eigenvalue weighted by molar-refractivity contribution is -0.125. The maximum absolute atomic E-state index is 11.8. The molecule has 0 heterocycles. The molecular weight excluding hydrogens is 252 g/mol. The Hall–Kier alpha value is -1.40. The highest BCUT2D eigenvalue weighted by Crippen LogP contribution is 2.12. The van der Waals surface area contributed by atoms with Gasteiger partial charge in [0.05, 0.1) is 5.75 Å². The van der Waals surface area contributed by atoms with Crippen molar-refractivity contribution < 1.29 is 13.2 Å². The molecule has 1 aromatic carbocycles. The molecule has 1 rings (SSSR count). The molecule has 1 unspecified atom stereocenters. The Morgan fingerprint density at radius 1 is 1.28 bits per heavy atom. The van der Waals surface area contributed by atoms with Crippen LogP contribution in [0, 0.1) is 0 Å². The number of hydrogen-bond acceptors (Lipinski definition) is 4. The molecule has 0 aliphatic heterocycles. The lowest BCUT2D eigenvalue weighted by Crippen LogP contribution is -2.32. The van der Waals surface area contributed by atoms with E-state index in [4.69, 9.17) is 5.73 Å². The summed E-state index contributed by atoms with van der Waals surface area (Å²) in [7, 11) is -0.444. The minimum absolute atomic E-state index is 0.226. The number of carbonyl (C=O) groups excluding carboxylic acids is 1. The summed E-state index contributed by atoms with van der Waals surface area (Å²) in [6, 6.07) is 8.37. The third kappa shape index (κ3) is 4.46. The topological polar surface area (TPSA) is 80.5 Å². The van der Waals surface area contributed by atoms with Crippen LogP contribution in [0.3, 0.4) is 0 Å². The summed E-state index contributed by atoms with van der Waals surface area (Å²) in [5.41, 5.74) is 6.58. The Labute approximate surface area is 108 Å². The smallest absolute Gasteiger partial charge is 0.237 e. The van der Waals surface area contributed by atoms with Crippen LogP contribution >= 0.6 is 0 Å². The Kier molecular flexibility index (Phi) is 4.86. The number of nitrogens with two attached hydrogens (primary N) is 1. The molecule has 6 heteroatoms. The van der Waals surface area contributed by atoms with Crippen LogP contribution in [0.4, 0.5) is 0 Å². The molecule has 0 aromatic heterocycles. The summed E-state index contributed by atoms with van der Waals surface area (Å²) in [6.45, 7) is 0. The average molecular weight is 270 g/mol. The van der Waals surface area contributed by atoms with Crippen molar-refractivity contribution in [3.63, 3.8) is 0 Å². The van der Waals surface area contributed by atoms with Crippen molar-refractivity contribution in [3.8, 4) is 0 Å². The summed E-state index contributed by atoms with van der Waals surface area (Å²) in [6.07, 6.45) is 0. The Morgan fingerprint density at radius 3 is 2.33 bits per heavy atom. The summed E-state index contributed by atoms with van der Waals surface area (Å²) in [4.78, 5) is 12.6. The first-order valence-electron chi connectivity index (χ1n) is 5.53. The molecule has 5 nitrogen and oxygen atoms in total. The van der Waals surface area contributed by atoms with E-state index in [-0.39, 0.29) is 5.75 Å². The predicted molar refractivity (Wildman–Crippen MR) is 70.7 cm³/mol. The van der Waals surface area contributed by atoms with E-state index >= 15 is 0 Å². The molecule has 1 amide bonds. The molecule has 100 valence electrons. The average Bonchev–Trinajstić information content (AvgIpc) is 2.28. The lowest BCUT2D eigenvalue weighted by Gasteiger charge is -2.14. The van der Waals surface area contributed by atoms with E-state index in [1.54, 1.807) is 24.3 Å². The first-order valence-corrected chi connectivity index (χ1v) is 7.35. The van der Waals surface area contributed by atoms with Crippen LogP contribution in [0.2, 0.25) is 0 Å². The van der Waals surface area contributed by atoms with Crippen molar-refractivity contribution in [3.05, 3.63) is 35.9 Å². The van der Waals surface area contributed by atoms with Crippen molar-refractivity contribution in [2.75, 3.05) is 25.6 Å². The zero-order chi connectivity index (χ0) is 13.8. The highest BCUT2D eigenvalue weighted by molar-refractivity contribution is 7.92. The van der Waals surface area contributed by atoms with Crippen molar-refractivity contribution >= 4 is 15.7 Å². The van der Waals surface area contributed by atoms with Crippen molar-refractivity contribution in [2.24, 2.45) is 5.73 Å². The number of amides is 1. The summed E-state index contributed by atoms with van der Waals surface area (Å²) < 4.78 is 23.6. The fraction of sp³-hybridized carbons (Fsp3) is 0.417. The van der Waals surface area contributed by atoms with Gasteiger partial charge in [-0.15, -0.1) is 0 Å². The maximum atomic E-state index is 11.8. The molecule has 0 fully saturated rings. The van der Waals surface area contributed by atoms with Gasteiger partial charge in [0.25, 0.3) is 0 Å². The minimum Gasteiger partial charge on any atom is -0.348 e. The van der Waals surface area contributed by atoms with Crippen LogP contribution in [0.1, 0.15) is 11.6 Å². The highest BCUT2D eigenvalue weighted by atomic mass is 32.2. The van der Waals surface area contributed by atoms with E-state index < -0.39 is 27.5 Å². The van der Waals surface area contributed by atoms with E-state index in [0.29, 0.717) is 0 Å². The van der Waals surface area contributed by atoms with E-state index in [9.17, 15) is 13.2 Å². The molecule has 0 aliphatic carbocycles. The molecule has 1 aromatic rings. The largest absolute Gasteiger partial charge is 0.348 e. The Balaban J connectivity index is 2.69. The number of carbonyl (C=O) groups is 1. The SMILES string of the molecule is CN(C)C(=O)CS(=O)(=O)CC(N)c1ccccc1. The molecule has 0 saturated carbocycles. The highest BCUT2D eigenvalue weighted by Gasteiger charge is 2.21. The first kappa shape index (κ1) is 14.7. The van der Waals surface area contributed by atoms with Crippen LogP contribution < -0.4 is 5.73 Å². The Bertz CT molecular complexity index is 497. The first-order chi connectivity index (χ1) is 8.32. The predicted octanol–water partition coefficient (Wildman–Crippen LogP) is 0.189. The number of sulfone groups is 1. The zero-order valence-corrected chi connectivity index (χ0v) is 11.4. The van der Waals surface area contributed by atoms with Gasteiger partial charge in [0, 0.05) is 20.1 Å². The van der Waals surface area contributed by atoms with Crippen LogP contribution in [-0.4, -0.2) is 44.8 Å². The van der Waals surface area contributed by atoms with Gasteiger partial charge in [-0.25, -0.2) is 8.42 Å². The van der Waals surface area contributed by atoms with Crippen LogP contribution in [-0.2, 0) is 14.6 Å². The fourth-order valence-electron chi connectivity index (χ4n) is 1.45. The van der Waals surface area contributed by atoms with Gasteiger partial charge in [-0.1, -0.05) is 30.3 Å². The van der Waals surface area contributed by atoms with Crippen molar-refractivity contribution in [1.82, 2.24) is 4.90 Å². The zero-order valence-electron chi connectivity index (χ0n) is 10.5. The molecule has 0 bridgehead atoms. The van der Waals surface area contributed by atoms with Crippen LogP contribution in [0.5, 0.6) is 0 Å². The van der Waals surface area contributed by atoms with Crippen molar-refractivity contribution in [1.29, 1.82) is 0 Å².